The van der Waals surface area contributed by atoms with Crippen LogP contribution in [0.1, 0.15) is 73.6 Å². The predicted molar refractivity (Wildman–Crippen MR) is 107 cm³/mol. The van der Waals surface area contributed by atoms with Gasteiger partial charge in [0, 0.05) is 21.4 Å². The van der Waals surface area contributed by atoms with E-state index in [0.29, 0.717) is 17.5 Å². The van der Waals surface area contributed by atoms with Crippen LogP contribution in [0.2, 0.25) is 0 Å². The van der Waals surface area contributed by atoms with Gasteiger partial charge in [-0.2, -0.15) is 5.10 Å². The van der Waals surface area contributed by atoms with Crippen LogP contribution in [0.3, 0.4) is 0 Å². The highest BCUT2D eigenvalue weighted by Crippen LogP contribution is 2.54. The van der Waals surface area contributed by atoms with E-state index in [1.54, 1.807) is 0 Å². The number of Topliss-reactive ketones (excluding diaryl/α,β-unsaturated/α-hetero) is 1. The second-order valence-electron chi connectivity index (χ2n) is 8.60. The first-order valence-electron chi connectivity index (χ1n) is 9.46. The zero-order valence-corrected chi connectivity index (χ0v) is 17.5. The summed E-state index contributed by atoms with van der Waals surface area (Å²) in [6.07, 6.45) is 3.37. The van der Waals surface area contributed by atoms with E-state index in [-0.39, 0.29) is 18.2 Å². The summed E-state index contributed by atoms with van der Waals surface area (Å²) in [7, 11) is 0. The van der Waals surface area contributed by atoms with Gasteiger partial charge in [0.1, 0.15) is 0 Å². The number of hydrogen-bond acceptors (Lipinski definition) is 3. The average Bonchev–Trinajstić information content (AvgIpc) is 3.31. The van der Waals surface area contributed by atoms with Crippen molar-refractivity contribution in [3.05, 3.63) is 45.7 Å². The van der Waals surface area contributed by atoms with E-state index in [0.717, 1.165) is 35.0 Å². The molecule has 1 aromatic heterocycles. The summed E-state index contributed by atoms with van der Waals surface area (Å²) in [5, 5.41) is 7.49. The van der Waals surface area contributed by atoms with E-state index in [1.165, 1.54) is 5.69 Å². The molecular weight excluding hydrogens is 406 g/mol. The van der Waals surface area contributed by atoms with Crippen molar-refractivity contribution in [3.8, 4) is 5.69 Å². The lowest BCUT2D eigenvalue weighted by Crippen LogP contribution is -2.36. The Labute approximate surface area is 167 Å². The number of halogens is 1. The SMILES string of the molecule is CC(C)(C)C(=O)CNC(=O)c1nn(-c2ccc(Br)cc2)c2c1C1CCC2C1. The molecule has 0 spiro atoms. The largest absolute Gasteiger partial charge is 0.344 e. The Hall–Kier alpha value is -1.95. The van der Waals surface area contributed by atoms with E-state index in [1.807, 2.05) is 49.7 Å². The summed E-state index contributed by atoms with van der Waals surface area (Å²) in [5.74, 6) is 0.654. The molecule has 2 atom stereocenters. The molecule has 2 aliphatic carbocycles. The smallest absolute Gasteiger partial charge is 0.272 e. The molecule has 27 heavy (non-hydrogen) atoms. The molecule has 2 bridgehead atoms. The van der Waals surface area contributed by atoms with Crippen molar-refractivity contribution in [2.75, 3.05) is 6.54 Å². The highest BCUT2D eigenvalue weighted by molar-refractivity contribution is 9.10. The number of rotatable bonds is 4. The molecule has 6 heteroatoms. The number of carbonyl (C=O) groups excluding carboxylic acids is 2. The first kappa shape index (κ1) is 18.4. The van der Waals surface area contributed by atoms with Crippen LogP contribution in [-0.2, 0) is 4.79 Å². The lowest BCUT2D eigenvalue weighted by molar-refractivity contribution is -0.125. The molecule has 1 saturated carbocycles. The Morgan fingerprint density at radius 2 is 1.85 bits per heavy atom. The highest BCUT2D eigenvalue weighted by atomic mass is 79.9. The number of aromatic nitrogens is 2. The fraction of sp³-hybridized carbons (Fsp3) is 0.476. The number of carbonyl (C=O) groups is 2. The molecule has 2 unspecified atom stereocenters. The Bertz CT molecular complexity index is 909. The molecule has 4 rings (SSSR count). The number of amides is 1. The third kappa shape index (κ3) is 3.24. The number of nitrogens with one attached hydrogen (secondary N) is 1. The average molecular weight is 430 g/mol. The molecule has 0 aliphatic heterocycles. The van der Waals surface area contributed by atoms with Crippen molar-refractivity contribution in [2.24, 2.45) is 5.41 Å². The third-order valence-electron chi connectivity index (χ3n) is 5.72. The molecule has 2 aliphatic rings. The molecule has 0 radical (unpaired) electrons. The van der Waals surface area contributed by atoms with Crippen molar-refractivity contribution in [1.82, 2.24) is 15.1 Å². The van der Waals surface area contributed by atoms with Crippen molar-refractivity contribution in [1.29, 1.82) is 0 Å². The number of benzene rings is 1. The zero-order chi connectivity index (χ0) is 19.3. The highest BCUT2D eigenvalue weighted by Gasteiger charge is 2.44. The van der Waals surface area contributed by atoms with Crippen LogP contribution in [0.4, 0.5) is 0 Å². The van der Waals surface area contributed by atoms with Gasteiger partial charge in [0.05, 0.1) is 17.9 Å². The lowest BCUT2D eigenvalue weighted by Gasteiger charge is -2.17. The van der Waals surface area contributed by atoms with E-state index in [9.17, 15) is 9.59 Å². The molecule has 142 valence electrons. The molecule has 1 fully saturated rings. The summed E-state index contributed by atoms with van der Waals surface area (Å²) < 4.78 is 2.95. The minimum atomic E-state index is -0.467. The van der Waals surface area contributed by atoms with Gasteiger partial charge in [-0.3, -0.25) is 9.59 Å². The Kier molecular flexibility index (Phi) is 4.49. The molecular formula is C21H24BrN3O2. The van der Waals surface area contributed by atoms with Crippen LogP contribution in [0.25, 0.3) is 5.69 Å². The normalized spacial score (nSPS) is 20.6. The topological polar surface area (TPSA) is 64.0 Å². The van der Waals surface area contributed by atoms with Gasteiger partial charge < -0.3 is 5.32 Å². The second-order valence-corrected chi connectivity index (χ2v) is 9.51. The zero-order valence-electron chi connectivity index (χ0n) is 15.9. The number of ketones is 1. The molecule has 1 aromatic carbocycles. The lowest BCUT2D eigenvalue weighted by atomic mass is 9.91. The van der Waals surface area contributed by atoms with Crippen LogP contribution in [0.5, 0.6) is 0 Å². The van der Waals surface area contributed by atoms with E-state index in [2.05, 4.69) is 21.2 Å². The minimum Gasteiger partial charge on any atom is -0.344 e. The molecule has 1 amide bonds. The first-order chi connectivity index (χ1) is 12.8. The van der Waals surface area contributed by atoms with Gasteiger partial charge in [-0.25, -0.2) is 4.68 Å². The Balaban J connectivity index is 1.67. The van der Waals surface area contributed by atoms with Gasteiger partial charge in [0.25, 0.3) is 5.91 Å². The first-order valence-corrected chi connectivity index (χ1v) is 10.2. The standard InChI is InChI=1S/C21H24BrN3O2/c1-21(2,3)16(26)11-23-20(27)18-17-12-4-5-13(10-12)19(17)25(24-18)15-8-6-14(22)7-9-15/h6-9,12-13H,4-5,10-11H2,1-3H3,(H,23,27). The summed E-state index contributed by atoms with van der Waals surface area (Å²) >= 11 is 3.47. The second kappa shape index (κ2) is 6.59. The number of nitrogens with zero attached hydrogens (tertiary/aromatic N) is 2. The van der Waals surface area contributed by atoms with Gasteiger partial charge in [-0.05, 0) is 49.4 Å². The maximum atomic E-state index is 12.9. The van der Waals surface area contributed by atoms with Gasteiger partial charge in [-0.15, -0.1) is 0 Å². The van der Waals surface area contributed by atoms with Crippen LogP contribution >= 0.6 is 15.9 Å². The maximum Gasteiger partial charge on any atom is 0.272 e. The van der Waals surface area contributed by atoms with Crippen LogP contribution in [-0.4, -0.2) is 28.0 Å². The molecule has 0 saturated heterocycles. The predicted octanol–water partition coefficient (Wildman–Crippen LogP) is 4.34. The molecule has 1 N–H and O–H groups in total. The summed E-state index contributed by atoms with van der Waals surface area (Å²) in [5.41, 5.74) is 3.26. The minimum absolute atomic E-state index is 0.0151. The summed E-state index contributed by atoms with van der Waals surface area (Å²) in [6.45, 7) is 5.62. The number of fused-ring (bicyclic) bond motifs is 5. The van der Waals surface area contributed by atoms with E-state index < -0.39 is 5.41 Å². The van der Waals surface area contributed by atoms with Crippen LogP contribution in [0, 0.1) is 5.41 Å². The Morgan fingerprint density at radius 3 is 2.52 bits per heavy atom. The maximum absolute atomic E-state index is 12.9. The molecule has 5 nitrogen and oxygen atoms in total. The van der Waals surface area contributed by atoms with Gasteiger partial charge >= 0.3 is 0 Å². The van der Waals surface area contributed by atoms with Crippen molar-refractivity contribution >= 4 is 27.6 Å². The monoisotopic (exact) mass is 429 g/mol. The molecule has 2 aromatic rings. The van der Waals surface area contributed by atoms with Crippen molar-refractivity contribution in [2.45, 2.75) is 51.9 Å². The summed E-state index contributed by atoms with van der Waals surface area (Å²) in [4.78, 5) is 25.0. The third-order valence-corrected chi connectivity index (χ3v) is 6.25. The fourth-order valence-electron chi connectivity index (χ4n) is 4.19. The van der Waals surface area contributed by atoms with Crippen molar-refractivity contribution < 1.29 is 9.59 Å². The fourth-order valence-corrected chi connectivity index (χ4v) is 4.45. The summed E-state index contributed by atoms with van der Waals surface area (Å²) in [6, 6.07) is 7.99. The van der Waals surface area contributed by atoms with Crippen LogP contribution in [0.15, 0.2) is 28.7 Å². The van der Waals surface area contributed by atoms with Gasteiger partial charge in [0.2, 0.25) is 0 Å². The van der Waals surface area contributed by atoms with E-state index >= 15 is 0 Å². The number of hydrogen-bond donors (Lipinski definition) is 1. The van der Waals surface area contributed by atoms with Crippen molar-refractivity contribution in [3.63, 3.8) is 0 Å². The van der Waals surface area contributed by atoms with E-state index in [4.69, 9.17) is 5.10 Å². The van der Waals surface area contributed by atoms with Crippen LogP contribution < -0.4 is 5.32 Å². The van der Waals surface area contributed by atoms with Gasteiger partial charge in [-0.1, -0.05) is 36.7 Å². The van der Waals surface area contributed by atoms with Gasteiger partial charge in [0.15, 0.2) is 11.5 Å². The molecule has 1 heterocycles. The quantitative estimate of drug-likeness (QED) is 0.785. The Morgan fingerprint density at radius 1 is 1.19 bits per heavy atom.